The second-order valence-electron chi connectivity index (χ2n) is 15.7. The molecule has 0 rings (SSSR count). The molecule has 0 aromatic rings. The van der Waals surface area contributed by atoms with Gasteiger partial charge in [-0.2, -0.15) is 0 Å². The quantitative estimate of drug-likeness (QED) is 0.0120. The summed E-state index contributed by atoms with van der Waals surface area (Å²) in [5.74, 6) is -8.58. The third-order valence-electron chi connectivity index (χ3n) is 9.42. The number of rotatable bonds is 36. The molecule has 0 aliphatic heterocycles. The van der Waals surface area contributed by atoms with Crippen LogP contribution in [0.1, 0.15) is 72.1 Å². The molecule has 0 fully saturated rings. The van der Waals surface area contributed by atoms with Crippen molar-refractivity contribution < 1.29 is 48.3 Å². The summed E-state index contributed by atoms with van der Waals surface area (Å²) in [5, 5.41) is 26.7. The fourth-order valence-corrected chi connectivity index (χ4v) is 8.02. The maximum atomic E-state index is 14.1. The van der Waals surface area contributed by atoms with Crippen LogP contribution in [0.5, 0.6) is 0 Å². The Morgan fingerprint density at radius 1 is 0.437 bits per heavy atom. The first-order valence-electron chi connectivity index (χ1n) is 22.1. The van der Waals surface area contributed by atoms with Crippen LogP contribution in [-0.2, 0) is 43.2 Å². The summed E-state index contributed by atoms with van der Waals surface area (Å²) in [6.07, 6.45) is 0.443. The van der Waals surface area contributed by atoms with Gasteiger partial charge < -0.3 is 99.7 Å². The zero-order valence-electron chi connectivity index (χ0n) is 40.0. The molecule has 0 aromatic carbocycles. The molecule has 28 N–H and O–H groups in total. The van der Waals surface area contributed by atoms with Crippen molar-refractivity contribution in [2.45, 2.75) is 120 Å². The summed E-state index contributed by atoms with van der Waals surface area (Å²) >= 11 is 0. The Morgan fingerprint density at radius 2 is 0.732 bits per heavy atom. The van der Waals surface area contributed by atoms with E-state index in [0.717, 1.165) is 21.6 Å². The van der Waals surface area contributed by atoms with E-state index in [9.17, 15) is 43.2 Å². The maximum absolute atomic E-state index is 14.1. The highest BCUT2D eigenvalue weighted by Gasteiger charge is 2.32. The monoisotopic (exact) mass is 1050 g/mol. The normalized spacial score (nSPS) is 14.0. The first-order valence-corrected chi connectivity index (χ1v) is 24.6. The van der Waals surface area contributed by atoms with E-state index in [0.29, 0.717) is 0 Å². The number of carboxylic acid groups (broad SMARTS) is 1. The molecule has 0 saturated carbocycles. The lowest BCUT2D eigenvalue weighted by Crippen LogP contribution is -2.59. The maximum Gasteiger partial charge on any atom is 0.321 e. The summed E-state index contributed by atoms with van der Waals surface area (Å²) in [6.45, 7) is 4.04. The van der Waals surface area contributed by atoms with E-state index >= 15 is 0 Å². The van der Waals surface area contributed by atoms with Gasteiger partial charge in [0.1, 0.15) is 48.3 Å². The zero-order chi connectivity index (χ0) is 54.2. The minimum absolute atomic E-state index is 0.00144. The van der Waals surface area contributed by atoms with Gasteiger partial charge in [0, 0.05) is 44.6 Å². The van der Waals surface area contributed by atoms with Gasteiger partial charge in [-0.3, -0.25) is 63.1 Å². The number of primary amides is 1. The number of hydrogen-bond donors (Lipinski definition) is 18. The van der Waals surface area contributed by atoms with Gasteiger partial charge in [-0.15, -0.1) is 0 Å². The molecule has 71 heavy (non-hydrogen) atoms. The van der Waals surface area contributed by atoms with Gasteiger partial charge in [0.15, 0.2) is 23.8 Å². The lowest BCUT2D eigenvalue weighted by atomic mass is 10.0. The van der Waals surface area contributed by atoms with Gasteiger partial charge >= 0.3 is 5.97 Å². The van der Waals surface area contributed by atoms with E-state index in [1.807, 2.05) is 0 Å². The van der Waals surface area contributed by atoms with E-state index in [2.05, 4.69) is 57.2 Å². The molecule has 0 aliphatic carbocycles. The number of amides is 8. The number of nitrogens with two attached hydrogens (primary N) is 10. The fraction of sp³-hybridized carbons (Fsp3) is 0.658. The summed E-state index contributed by atoms with van der Waals surface area (Å²) in [6, 6.07) is -10.2. The first kappa shape index (κ1) is 64.0. The topological polar surface area (TPSA) is 568 Å². The molecule has 8 atom stereocenters. The van der Waals surface area contributed by atoms with Crippen LogP contribution in [0.15, 0.2) is 20.0 Å². The number of nitrogens with zero attached hydrogens (tertiary/aromatic N) is 4. The molecule has 31 nitrogen and oxygen atoms in total. The molecule has 0 aromatic heterocycles. The Bertz CT molecular complexity index is 1910. The molecule has 0 heterocycles. The third-order valence-corrected chi connectivity index (χ3v) is 11.9. The largest absolute Gasteiger partial charge is 0.480 e. The molecular formula is C38H73N21O10S2. The molecular weight excluding hydrogens is 975 g/mol. The molecule has 402 valence electrons. The molecule has 8 amide bonds. The average molecular weight is 1050 g/mol. The Balaban J connectivity index is 6.54. The summed E-state index contributed by atoms with van der Waals surface area (Å²) in [4.78, 5) is 133. The van der Waals surface area contributed by atoms with Crippen molar-refractivity contribution in [2.24, 2.45) is 77.3 Å². The van der Waals surface area contributed by atoms with Gasteiger partial charge in [0.05, 0.1) is 0 Å². The van der Waals surface area contributed by atoms with E-state index in [4.69, 9.17) is 62.4 Å². The smallest absolute Gasteiger partial charge is 0.321 e. The number of hydrogen-bond acceptors (Lipinski definition) is 16. The van der Waals surface area contributed by atoms with Crippen molar-refractivity contribution in [1.29, 1.82) is 0 Å². The van der Waals surface area contributed by atoms with Crippen molar-refractivity contribution in [3.8, 4) is 0 Å². The van der Waals surface area contributed by atoms with Crippen molar-refractivity contribution in [1.82, 2.24) is 37.2 Å². The number of aliphatic imine (C=N–C) groups is 4. The molecule has 0 bridgehead atoms. The SMILES string of the molecule is CC(=O)N[C@H](CSSC[C@H](N)C(=O)O)C(=O)N[C@@H](C)C(=O)N[C@H](CCCN=C(N)N)C(=O)N[C@@H](CCCN=C(N)N)C(=O)N[C@H](CCCN=C(N)N)C(=O)N[C@@H](C)C(=O)N[C@H](CCCN=C(N)N)C(N)=O. The van der Waals surface area contributed by atoms with Crippen LogP contribution < -0.4 is 94.6 Å². The Morgan fingerprint density at radius 3 is 1.06 bits per heavy atom. The van der Waals surface area contributed by atoms with Gasteiger partial charge in [0.25, 0.3) is 0 Å². The number of carboxylic acids is 1. The van der Waals surface area contributed by atoms with Crippen LogP contribution in [0.2, 0.25) is 0 Å². The van der Waals surface area contributed by atoms with Gasteiger partial charge in [-0.1, -0.05) is 21.6 Å². The molecule has 33 heteroatoms. The minimum Gasteiger partial charge on any atom is -0.480 e. The average Bonchev–Trinajstić information content (AvgIpc) is 3.27. The number of aliphatic carboxylic acids is 1. The van der Waals surface area contributed by atoms with Gasteiger partial charge in [-0.05, 0) is 65.2 Å². The second-order valence-corrected chi connectivity index (χ2v) is 18.2. The fourth-order valence-electron chi connectivity index (χ4n) is 5.74. The molecule has 0 radical (unpaired) electrons. The second kappa shape index (κ2) is 35.1. The van der Waals surface area contributed by atoms with Crippen molar-refractivity contribution in [3.05, 3.63) is 0 Å². The highest BCUT2D eigenvalue weighted by Crippen LogP contribution is 2.23. The van der Waals surface area contributed by atoms with Crippen LogP contribution in [-0.4, -0.2) is 168 Å². The van der Waals surface area contributed by atoms with Crippen molar-refractivity contribution in [3.63, 3.8) is 0 Å². The Labute approximate surface area is 418 Å². The Hall–Kier alpha value is -7.03. The van der Waals surface area contributed by atoms with Gasteiger partial charge in [-0.25, -0.2) is 0 Å². The van der Waals surface area contributed by atoms with Crippen LogP contribution >= 0.6 is 21.6 Å². The van der Waals surface area contributed by atoms with Crippen molar-refractivity contribution in [2.75, 3.05) is 37.7 Å². The van der Waals surface area contributed by atoms with E-state index in [-0.39, 0.29) is 113 Å². The first-order chi connectivity index (χ1) is 33.2. The summed E-state index contributed by atoms with van der Waals surface area (Å²) in [7, 11) is 2.12. The number of nitrogens with one attached hydrogen (secondary N) is 7. The summed E-state index contributed by atoms with van der Waals surface area (Å²) < 4.78 is 0. The number of guanidine groups is 4. The third kappa shape index (κ3) is 30.2. The van der Waals surface area contributed by atoms with E-state index in [1.165, 1.54) is 20.8 Å². The zero-order valence-corrected chi connectivity index (χ0v) is 41.7. The highest BCUT2D eigenvalue weighted by molar-refractivity contribution is 8.76. The predicted molar refractivity (Wildman–Crippen MR) is 270 cm³/mol. The predicted octanol–water partition coefficient (Wildman–Crippen LogP) is -8.07. The lowest BCUT2D eigenvalue weighted by Gasteiger charge is -2.27. The Kier molecular flexibility index (Phi) is 31.6. The number of carbonyl (C=O) groups is 9. The van der Waals surface area contributed by atoms with Crippen LogP contribution in [0.25, 0.3) is 0 Å². The standard InChI is InChI=1S/C38H73N21O10S2/c1-18(28(62)56-22(27(40)61)8-4-12-49-35(41)42)53-30(64)23(9-5-13-50-36(43)44)58-32(66)25(11-7-15-52-38(47)48)59-31(65)24(10-6-14-51-37(45)46)57-29(63)19(2)54-33(67)26(55-20(3)60)17-71-70-16-21(39)34(68)69/h18-19,21-26H,4-17,39H2,1-3H3,(H2,40,61)(H,53,64)(H,54,67)(H,55,60)(H,56,62)(H,57,63)(H,58,66)(H,59,65)(H,68,69)(H4,41,42,49)(H4,43,44,50)(H4,45,46,51)(H4,47,48,52)/t18-,19-,21-,22+,23+,24+,25-,26+/m0/s1. The summed E-state index contributed by atoms with van der Waals surface area (Å²) in [5.41, 5.74) is 54.4. The molecule has 0 aliphatic rings. The lowest BCUT2D eigenvalue weighted by molar-refractivity contribution is -0.138. The van der Waals surface area contributed by atoms with Crippen LogP contribution in [0.4, 0.5) is 0 Å². The molecule has 0 unspecified atom stereocenters. The van der Waals surface area contributed by atoms with Gasteiger partial charge in [0.2, 0.25) is 47.3 Å². The molecule has 0 spiro atoms. The van der Waals surface area contributed by atoms with E-state index < -0.39 is 102 Å². The van der Waals surface area contributed by atoms with E-state index in [1.54, 1.807) is 0 Å². The number of carbonyl (C=O) groups excluding carboxylic acids is 8. The highest BCUT2D eigenvalue weighted by atomic mass is 33.1. The molecule has 0 saturated heterocycles. The van der Waals surface area contributed by atoms with Crippen molar-refractivity contribution >= 4 is 98.7 Å². The minimum atomic E-state index is -1.41. The van der Waals surface area contributed by atoms with Crippen LogP contribution in [0.3, 0.4) is 0 Å². The van der Waals surface area contributed by atoms with Crippen LogP contribution in [0, 0.1) is 0 Å².